The molecule has 1 aromatic rings. The van der Waals surface area contributed by atoms with Crippen molar-refractivity contribution in [2.24, 2.45) is 5.41 Å². The topological polar surface area (TPSA) is 29.1 Å². The molecule has 0 fully saturated rings. The third-order valence-corrected chi connectivity index (χ3v) is 6.17. The van der Waals surface area contributed by atoms with Crippen molar-refractivity contribution < 1.29 is 4.79 Å². The first-order chi connectivity index (χ1) is 15.2. The van der Waals surface area contributed by atoms with Crippen LogP contribution in [0.25, 0.3) is 0 Å². The van der Waals surface area contributed by atoms with Gasteiger partial charge in [0, 0.05) is 11.8 Å². The number of rotatable bonds is 9. The average Bonchev–Trinajstić information content (AvgIpc) is 2.72. The zero-order valence-corrected chi connectivity index (χ0v) is 20.9. The summed E-state index contributed by atoms with van der Waals surface area (Å²) in [7, 11) is 0. The van der Waals surface area contributed by atoms with E-state index in [1.807, 2.05) is 31.2 Å². The van der Waals surface area contributed by atoms with Crippen LogP contribution < -0.4 is 5.32 Å². The lowest BCUT2D eigenvalue weighted by Gasteiger charge is -2.32. The summed E-state index contributed by atoms with van der Waals surface area (Å²) in [5.41, 5.74) is 7.52. The molecule has 1 aromatic carbocycles. The van der Waals surface area contributed by atoms with Gasteiger partial charge in [0.25, 0.3) is 0 Å². The highest BCUT2D eigenvalue weighted by molar-refractivity contribution is 5.99. The van der Waals surface area contributed by atoms with Gasteiger partial charge in [-0.3, -0.25) is 4.79 Å². The Labute approximate surface area is 195 Å². The molecule has 0 spiro atoms. The number of amides is 1. The monoisotopic (exact) mass is 431 g/mol. The van der Waals surface area contributed by atoms with E-state index in [2.05, 4.69) is 70.3 Å². The second-order valence-electron chi connectivity index (χ2n) is 9.71. The third-order valence-electron chi connectivity index (χ3n) is 6.17. The van der Waals surface area contributed by atoms with Crippen LogP contribution in [0.4, 0.5) is 5.69 Å². The van der Waals surface area contributed by atoms with Crippen LogP contribution in [0, 0.1) is 5.41 Å². The highest BCUT2D eigenvalue weighted by Crippen LogP contribution is 2.40. The van der Waals surface area contributed by atoms with E-state index in [1.54, 1.807) is 6.08 Å². The predicted molar refractivity (Wildman–Crippen MR) is 140 cm³/mol. The predicted octanol–water partition coefficient (Wildman–Crippen LogP) is 8.50. The average molecular weight is 432 g/mol. The Morgan fingerprint density at radius 1 is 1.09 bits per heavy atom. The fourth-order valence-corrected chi connectivity index (χ4v) is 4.20. The first-order valence-corrected chi connectivity index (χ1v) is 12.0. The van der Waals surface area contributed by atoms with Crippen molar-refractivity contribution in [1.29, 1.82) is 0 Å². The lowest BCUT2D eigenvalue weighted by atomic mass is 9.72. The maximum absolute atomic E-state index is 12.3. The molecule has 0 unspecified atom stereocenters. The van der Waals surface area contributed by atoms with Crippen LogP contribution >= 0.6 is 0 Å². The summed E-state index contributed by atoms with van der Waals surface area (Å²) in [5, 5.41) is 2.94. The Morgan fingerprint density at radius 2 is 1.81 bits per heavy atom. The van der Waals surface area contributed by atoms with Crippen molar-refractivity contribution >= 4 is 11.6 Å². The number of allylic oxidation sites excluding steroid dienone is 9. The van der Waals surface area contributed by atoms with Crippen LogP contribution in [0.2, 0.25) is 0 Å². The van der Waals surface area contributed by atoms with Gasteiger partial charge in [-0.25, -0.2) is 0 Å². The molecule has 2 rings (SSSR count). The number of hydrogen-bond donors (Lipinski definition) is 1. The molecule has 0 aromatic heterocycles. The fourth-order valence-electron chi connectivity index (χ4n) is 4.20. The van der Waals surface area contributed by atoms with Crippen LogP contribution in [-0.2, 0) is 11.2 Å². The summed E-state index contributed by atoms with van der Waals surface area (Å²) < 4.78 is 0. The summed E-state index contributed by atoms with van der Waals surface area (Å²) in [6.45, 7) is 13.2. The summed E-state index contributed by atoms with van der Waals surface area (Å²) in [6, 6.07) is 8.14. The van der Waals surface area contributed by atoms with Gasteiger partial charge in [-0.2, -0.15) is 0 Å². The Balaban J connectivity index is 1.91. The largest absolute Gasteiger partial charge is 0.323 e. The van der Waals surface area contributed by atoms with Crippen LogP contribution in [0.15, 0.2) is 83.0 Å². The van der Waals surface area contributed by atoms with E-state index >= 15 is 0 Å². The number of anilines is 1. The molecule has 0 aliphatic heterocycles. The SMILES string of the molecule is CCCCc1ccc(NC(=O)/C=C(C)/C=C/C=C(C)/C=C/C2=C(C)CCCC2(C)C)cc1. The number of hydrogen-bond acceptors (Lipinski definition) is 1. The standard InChI is InChI=1S/C30H41NO/c1-7-8-14-26-16-18-27(19-17-26)31-29(32)22-24(3)12-9-11-23(2)15-20-28-25(4)13-10-21-30(28,5)6/h9,11-12,15-20,22H,7-8,10,13-14,21H2,1-6H3,(H,31,32)/b12-9+,20-15+,23-11+,24-22+. The molecule has 0 atom stereocenters. The van der Waals surface area contributed by atoms with Crippen molar-refractivity contribution in [3.63, 3.8) is 0 Å². The first-order valence-electron chi connectivity index (χ1n) is 12.0. The Hall–Kier alpha value is -2.61. The highest BCUT2D eigenvalue weighted by atomic mass is 16.1. The molecule has 1 amide bonds. The van der Waals surface area contributed by atoms with E-state index in [1.165, 1.54) is 54.4 Å². The van der Waals surface area contributed by atoms with Gasteiger partial charge in [-0.05, 0) is 87.1 Å². The molecule has 2 nitrogen and oxygen atoms in total. The molecule has 0 saturated heterocycles. The molecule has 1 aliphatic rings. The number of benzene rings is 1. The second-order valence-corrected chi connectivity index (χ2v) is 9.71. The minimum atomic E-state index is -0.101. The van der Waals surface area contributed by atoms with Crippen LogP contribution in [-0.4, -0.2) is 5.91 Å². The number of unbranched alkanes of at least 4 members (excludes halogenated alkanes) is 1. The van der Waals surface area contributed by atoms with Crippen molar-refractivity contribution in [2.45, 2.75) is 80.1 Å². The van der Waals surface area contributed by atoms with Gasteiger partial charge < -0.3 is 5.32 Å². The van der Waals surface area contributed by atoms with Gasteiger partial charge in [0.1, 0.15) is 0 Å². The van der Waals surface area contributed by atoms with Crippen LogP contribution in [0.1, 0.15) is 79.2 Å². The quantitative estimate of drug-likeness (QED) is 0.308. The molecule has 0 radical (unpaired) electrons. The molecule has 0 heterocycles. The second kappa shape index (κ2) is 12.4. The van der Waals surface area contributed by atoms with E-state index in [4.69, 9.17) is 0 Å². The number of carbonyl (C=O) groups excluding carboxylic acids is 1. The maximum Gasteiger partial charge on any atom is 0.248 e. The molecule has 172 valence electrons. The first kappa shape index (κ1) is 25.6. The van der Waals surface area contributed by atoms with Crippen LogP contribution in [0.5, 0.6) is 0 Å². The normalized spacial score (nSPS) is 17.4. The molecular weight excluding hydrogens is 390 g/mol. The molecule has 32 heavy (non-hydrogen) atoms. The number of aryl methyl sites for hydroxylation is 1. The molecule has 1 aliphatic carbocycles. The summed E-state index contributed by atoms with van der Waals surface area (Å²) in [5.74, 6) is -0.101. The van der Waals surface area contributed by atoms with Gasteiger partial charge in [-0.1, -0.05) is 80.9 Å². The number of nitrogens with one attached hydrogen (secondary N) is 1. The van der Waals surface area contributed by atoms with Crippen molar-refractivity contribution in [3.05, 3.63) is 88.6 Å². The molecule has 0 saturated carbocycles. The van der Waals surface area contributed by atoms with Gasteiger partial charge in [0.15, 0.2) is 0 Å². The molecule has 0 bridgehead atoms. The van der Waals surface area contributed by atoms with Crippen molar-refractivity contribution in [3.8, 4) is 0 Å². The lowest BCUT2D eigenvalue weighted by molar-refractivity contribution is -0.111. The van der Waals surface area contributed by atoms with Crippen molar-refractivity contribution in [1.82, 2.24) is 0 Å². The van der Waals surface area contributed by atoms with E-state index in [0.29, 0.717) is 0 Å². The smallest absolute Gasteiger partial charge is 0.248 e. The Morgan fingerprint density at radius 3 is 2.47 bits per heavy atom. The highest BCUT2D eigenvalue weighted by Gasteiger charge is 2.26. The summed E-state index contributed by atoms with van der Waals surface area (Å²) in [4.78, 5) is 12.3. The van der Waals surface area contributed by atoms with Crippen LogP contribution in [0.3, 0.4) is 0 Å². The third kappa shape index (κ3) is 8.49. The van der Waals surface area contributed by atoms with E-state index in [-0.39, 0.29) is 11.3 Å². The van der Waals surface area contributed by atoms with E-state index in [9.17, 15) is 4.79 Å². The molecule has 2 heteroatoms. The van der Waals surface area contributed by atoms with Gasteiger partial charge >= 0.3 is 0 Å². The lowest BCUT2D eigenvalue weighted by Crippen LogP contribution is -2.19. The minimum absolute atomic E-state index is 0.101. The van der Waals surface area contributed by atoms with E-state index < -0.39 is 0 Å². The Bertz CT molecular complexity index is 920. The van der Waals surface area contributed by atoms with Gasteiger partial charge in [-0.15, -0.1) is 0 Å². The molecule has 1 N–H and O–H groups in total. The Kier molecular flexibility index (Phi) is 9.97. The molecular formula is C30H41NO. The number of carbonyl (C=O) groups is 1. The van der Waals surface area contributed by atoms with E-state index in [0.717, 1.165) is 17.7 Å². The van der Waals surface area contributed by atoms with Crippen molar-refractivity contribution in [2.75, 3.05) is 5.32 Å². The van der Waals surface area contributed by atoms with Gasteiger partial charge in [0.2, 0.25) is 5.91 Å². The summed E-state index contributed by atoms with van der Waals surface area (Å²) in [6.07, 6.45) is 19.4. The van der Waals surface area contributed by atoms with Gasteiger partial charge in [0.05, 0.1) is 0 Å². The fraction of sp³-hybridized carbons (Fsp3) is 0.433. The zero-order chi connectivity index (χ0) is 23.6. The summed E-state index contributed by atoms with van der Waals surface area (Å²) >= 11 is 0. The maximum atomic E-state index is 12.3. The zero-order valence-electron chi connectivity index (χ0n) is 20.9. The minimum Gasteiger partial charge on any atom is -0.323 e.